The maximum absolute atomic E-state index is 12.1. The molecule has 0 aliphatic carbocycles. The fraction of sp³-hybridized carbons (Fsp3) is 0.588. The van der Waals surface area contributed by atoms with E-state index in [1.807, 2.05) is 39.8 Å². The Hall–Kier alpha value is -2.31. The highest BCUT2D eigenvalue weighted by molar-refractivity contribution is 5.75. The first-order valence-corrected chi connectivity index (χ1v) is 8.19. The molecule has 24 heavy (non-hydrogen) atoms. The molecule has 2 heterocycles. The molecule has 1 fully saturated rings. The van der Waals surface area contributed by atoms with Crippen molar-refractivity contribution in [1.82, 2.24) is 20.5 Å². The minimum Gasteiger partial charge on any atom is -0.444 e. The van der Waals surface area contributed by atoms with Crippen LogP contribution in [0.3, 0.4) is 0 Å². The highest BCUT2D eigenvalue weighted by Gasteiger charge is 2.30. The number of rotatable bonds is 3. The lowest BCUT2D eigenvalue weighted by Gasteiger charge is -2.24. The van der Waals surface area contributed by atoms with Gasteiger partial charge in [0.05, 0.1) is 6.04 Å². The van der Waals surface area contributed by atoms with Gasteiger partial charge in [-0.3, -0.25) is 4.98 Å². The molecule has 1 aliphatic rings. The van der Waals surface area contributed by atoms with Gasteiger partial charge in [-0.05, 0) is 51.8 Å². The lowest BCUT2D eigenvalue weighted by molar-refractivity contribution is 0.0291. The monoisotopic (exact) mass is 334 g/mol. The van der Waals surface area contributed by atoms with Crippen molar-refractivity contribution in [1.29, 1.82) is 0 Å². The Morgan fingerprint density at radius 3 is 2.62 bits per heavy atom. The van der Waals surface area contributed by atoms with Crippen LogP contribution in [-0.2, 0) is 4.74 Å². The molecule has 2 N–H and O–H groups in total. The van der Waals surface area contributed by atoms with Gasteiger partial charge in [0.15, 0.2) is 0 Å². The van der Waals surface area contributed by atoms with E-state index in [0.29, 0.717) is 13.1 Å². The Morgan fingerprint density at radius 1 is 1.33 bits per heavy atom. The van der Waals surface area contributed by atoms with Crippen molar-refractivity contribution in [2.75, 3.05) is 13.1 Å². The summed E-state index contributed by atoms with van der Waals surface area (Å²) in [6.07, 6.45) is 3.77. The summed E-state index contributed by atoms with van der Waals surface area (Å²) in [5.41, 5.74) is 0.474. The van der Waals surface area contributed by atoms with E-state index in [1.165, 1.54) is 0 Å². The molecule has 0 saturated carbocycles. The second-order valence-electron chi connectivity index (χ2n) is 7.03. The van der Waals surface area contributed by atoms with Crippen LogP contribution in [0.25, 0.3) is 0 Å². The third-order valence-electron chi connectivity index (χ3n) is 3.73. The maximum atomic E-state index is 12.1. The van der Waals surface area contributed by atoms with Gasteiger partial charge in [0.1, 0.15) is 5.60 Å². The smallest absolute Gasteiger partial charge is 0.410 e. The first kappa shape index (κ1) is 18.0. The van der Waals surface area contributed by atoms with Gasteiger partial charge in [0, 0.05) is 31.5 Å². The number of ether oxygens (including phenoxy) is 1. The molecular weight excluding hydrogens is 308 g/mol. The van der Waals surface area contributed by atoms with E-state index < -0.39 is 5.60 Å². The van der Waals surface area contributed by atoms with Gasteiger partial charge < -0.3 is 20.3 Å². The normalized spacial score (nSPS) is 18.8. The molecule has 1 aromatic rings. The predicted octanol–water partition coefficient (Wildman–Crippen LogP) is 2.45. The third kappa shape index (κ3) is 5.40. The summed E-state index contributed by atoms with van der Waals surface area (Å²) in [5.74, 6) is 0. The summed E-state index contributed by atoms with van der Waals surface area (Å²) in [6.45, 7) is 8.47. The SMILES string of the molecule is C[C@@H](NC(=O)N[C@@H]1CCN(C(=O)OC(C)(C)C)C1)c1ccncc1. The molecule has 7 nitrogen and oxygen atoms in total. The highest BCUT2D eigenvalue weighted by atomic mass is 16.6. The van der Waals surface area contributed by atoms with Crippen molar-refractivity contribution >= 4 is 12.1 Å². The largest absolute Gasteiger partial charge is 0.444 e. The van der Waals surface area contributed by atoms with Crippen molar-refractivity contribution < 1.29 is 14.3 Å². The van der Waals surface area contributed by atoms with Gasteiger partial charge in [-0.1, -0.05) is 0 Å². The zero-order chi connectivity index (χ0) is 17.7. The van der Waals surface area contributed by atoms with Crippen molar-refractivity contribution in [3.63, 3.8) is 0 Å². The standard InChI is InChI=1S/C17H26N4O3/c1-12(13-5-8-18-9-6-13)19-15(22)20-14-7-10-21(11-14)16(23)24-17(2,3)4/h5-6,8-9,12,14H,7,10-11H2,1-4H3,(H2,19,20,22)/t12-,14-/m1/s1. The van der Waals surface area contributed by atoms with Crippen LogP contribution >= 0.6 is 0 Å². The zero-order valence-corrected chi connectivity index (χ0v) is 14.7. The molecular formula is C17H26N4O3. The van der Waals surface area contributed by atoms with Crippen molar-refractivity contribution in [3.05, 3.63) is 30.1 Å². The van der Waals surface area contributed by atoms with E-state index in [0.717, 1.165) is 12.0 Å². The minimum atomic E-state index is -0.514. The number of carbonyl (C=O) groups is 2. The fourth-order valence-corrected chi connectivity index (χ4v) is 2.53. The first-order valence-electron chi connectivity index (χ1n) is 8.19. The summed E-state index contributed by atoms with van der Waals surface area (Å²) in [4.78, 5) is 29.7. The lowest BCUT2D eigenvalue weighted by atomic mass is 10.1. The number of hydrogen-bond donors (Lipinski definition) is 2. The molecule has 132 valence electrons. The summed E-state index contributed by atoms with van der Waals surface area (Å²) >= 11 is 0. The Balaban J connectivity index is 1.78. The summed E-state index contributed by atoms with van der Waals surface area (Å²) in [7, 11) is 0. The number of amides is 3. The Kier molecular flexibility index (Phi) is 5.64. The highest BCUT2D eigenvalue weighted by Crippen LogP contribution is 2.15. The second-order valence-corrected chi connectivity index (χ2v) is 7.03. The average Bonchev–Trinajstić information content (AvgIpc) is 2.95. The molecule has 1 aliphatic heterocycles. The Bertz CT molecular complexity index is 571. The maximum Gasteiger partial charge on any atom is 0.410 e. The molecule has 1 aromatic heterocycles. The molecule has 0 unspecified atom stereocenters. The molecule has 3 amide bonds. The molecule has 0 radical (unpaired) electrons. The fourth-order valence-electron chi connectivity index (χ4n) is 2.53. The van der Waals surface area contributed by atoms with Crippen LogP contribution in [0.1, 0.15) is 45.7 Å². The van der Waals surface area contributed by atoms with Crippen LogP contribution in [0.2, 0.25) is 0 Å². The molecule has 1 saturated heterocycles. The van der Waals surface area contributed by atoms with E-state index in [1.54, 1.807) is 17.3 Å². The quantitative estimate of drug-likeness (QED) is 0.889. The number of carbonyl (C=O) groups excluding carboxylic acids is 2. The molecule has 0 spiro atoms. The molecule has 7 heteroatoms. The van der Waals surface area contributed by atoms with Gasteiger partial charge in [-0.25, -0.2) is 9.59 Å². The van der Waals surface area contributed by atoms with E-state index in [-0.39, 0.29) is 24.2 Å². The number of likely N-dealkylation sites (tertiary alicyclic amines) is 1. The average molecular weight is 334 g/mol. The third-order valence-corrected chi connectivity index (χ3v) is 3.73. The summed E-state index contributed by atoms with van der Waals surface area (Å²) in [6, 6.07) is 3.31. The predicted molar refractivity (Wildman–Crippen MR) is 90.5 cm³/mol. The second kappa shape index (κ2) is 7.51. The molecule has 2 rings (SSSR count). The topological polar surface area (TPSA) is 83.6 Å². The van der Waals surface area contributed by atoms with Crippen LogP contribution < -0.4 is 10.6 Å². The van der Waals surface area contributed by atoms with E-state index in [2.05, 4.69) is 15.6 Å². The molecule has 0 aromatic carbocycles. The van der Waals surface area contributed by atoms with Gasteiger partial charge in [-0.2, -0.15) is 0 Å². The number of nitrogens with one attached hydrogen (secondary N) is 2. The van der Waals surface area contributed by atoms with Crippen molar-refractivity contribution in [2.45, 2.75) is 51.8 Å². The summed E-state index contributed by atoms with van der Waals surface area (Å²) in [5, 5.41) is 5.80. The van der Waals surface area contributed by atoms with Crippen LogP contribution in [0.15, 0.2) is 24.5 Å². The van der Waals surface area contributed by atoms with Crippen molar-refractivity contribution in [3.8, 4) is 0 Å². The van der Waals surface area contributed by atoms with E-state index in [4.69, 9.17) is 4.74 Å². The Labute approximate surface area is 142 Å². The van der Waals surface area contributed by atoms with Crippen LogP contribution in [-0.4, -0.2) is 46.7 Å². The molecule has 0 bridgehead atoms. The van der Waals surface area contributed by atoms with Gasteiger partial charge in [0.2, 0.25) is 0 Å². The van der Waals surface area contributed by atoms with Gasteiger partial charge in [-0.15, -0.1) is 0 Å². The minimum absolute atomic E-state index is 0.0674. The van der Waals surface area contributed by atoms with Crippen LogP contribution in [0.5, 0.6) is 0 Å². The van der Waals surface area contributed by atoms with E-state index >= 15 is 0 Å². The number of pyridine rings is 1. The van der Waals surface area contributed by atoms with Gasteiger partial charge in [0.25, 0.3) is 0 Å². The number of nitrogens with zero attached hydrogens (tertiary/aromatic N) is 2. The first-order chi connectivity index (χ1) is 11.2. The number of hydrogen-bond acceptors (Lipinski definition) is 4. The zero-order valence-electron chi connectivity index (χ0n) is 14.7. The van der Waals surface area contributed by atoms with Crippen LogP contribution in [0, 0.1) is 0 Å². The number of aromatic nitrogens is 1. The molecule has 2 atom stereocenters. The number of urea groups is 1. The lowest BCUT2D eigenvalue weighted by Crippen LogP contribution is -2.45. The van der Waals surface area contributed by atoms with Gasteiger partial charge >= 0.3 is 12.1 Å². The Morgan fingerprint density at radius 2 is 2.00 bits per heavy atom. The van der Waals surface area contributed by atoms with Crippen molar-refractivity contribution in [2.24, 2.45) is 0 Å². The van der Waals surface area contributed by atoms with Crippen LogP contribution in [0.4, 0.5) is 9.59 Å². The summed E-state index contributed by atoms with van der Waals surface area (Å²) < 4.78 is 5.35. The van der Waals surface area contributed by atoms with E-state index in [9.17, 15) is 9.59 Å².